The van der Waals surface area contributed by atoms with Crippen LogP contribution in [0.1, 0.15) is 44.1 Å². The van der Waals surface area contributed by atoms with Crippen molar-refractivity contribution in [2.75, 3.05) is 38.0 Å². The summed E-state index contributed by atoms with van der Waals surface area (Å²) in [4.78, 5) is 29.3. The Balaban J connectivity index is 1.44. The molecule has 5 nitrogen and oxygen atoms in total. The van der Waals surface area contributed by atoms with Crippen LogP contribution in [-0.2, 0) is 9.59 Å². The predicted octanol–water partition coefficient (Wildman–Crippen LogP) is 3.70. The van der Waals surface area contributed by atoms with Gasteiger partial charge in [-0.3, -0.25) is 14.5 Å². The van der Waals surface area contributed by atoms with Crippen molar-refractivity contribution >= 4 is 29.1 Å². The number of piperidine rings is 1. The Labute approximate surface area is 167 Å². The van der Waals surface area contributed by atoms with E-state index in [1.165, 1.54) is 12.8 Å². The Bertz CT molecular complexity index is 663. The Morgan fingerprint density at radius 1 is 1.07 bits per heavy atom. The first-order chi connectivity index (χ1) is 13.0. The molecule has 2 aliphatic rings. The number of amides is 2. The van der Waals surface area contributed by atoms with Crippen LogP contribution in [0.3, 0.4) is 0 Å². The van der Waals surface area contributed by atoms with Gasteiger partial charge in [-0.15, -0.1) is 0 Å². The lowest BCUT2D eigenvalue weighted by atomic mass is 9.95. The molecule has 6 heteroatoms. The van der Waals surface area contributed by atoms with Crippen molar-refractivity contribution in [3.63, 3.8) is 0 Å². The molecular weight excluding hydrogens is 362 g/mol. The van der Waals surface area contributed by atoms with Crippen molar-refractivity contribution in [3.05, 3.63) is 28.8 Å². The van der Waals surface area contributed by atoms with Crippen LogP contribution in [0.15, 0.2) is 18.2 Å². The summed E-state index contributed by atoms with van der Waals surface area (Å²) in [6.45, 7) is 5.72. The van der Waals surface area contributed by atoms with E-state index in [0.717, 1.165) is 63.1 Å². The second-order valence-electron chi connectivity index (χ2n) is 7.80. The second-order valence-corrected chi connectivity index (χ2v) is 8.21. The standard InChI is InChI=1S/C21H30ClN3O2/c1-16-6-7-18(14-19(16)22)23-20(26)15-24-12-8-17(9-13-24)21(27)25-10-4-2-3-5-11-25/h6-7,14,17H,2-5,8-13,15H2,1H3,(H,23,26). The van der Waals surface area contributed by atoms with Crippen molar-refractivity contribution in [1.29, 1.82) is 0 Å². The van der Waals surface area contributed by atoms with Crippen molar-refractivity contribution in [2.24, 2.45) is 5.92 Å². The minimum atomic E-state index is -0.0350. The third kappa shape index (κ3) is 5.69. The van der Waals surface area contributed by atoms with E-state index in [4.69, 9.17) is 11.6 Å². The first kappa shape index (κ1) is 20.2. The molecule has 0 radical (unpaired) electrons. The van der Waals surface area contributed by atoms with Gasteiger partial charge in [-0.2, -0.15) is 0 Å². The van der Waals surface area contributed by atoms with E-state index in [0.29, 0.717) is 17.5 Å². The number of nitrogens with one attached hydrogen (secondary N) is 1. The van der Waals surface area contributed by atoms with Gasteiger partial charge in [0.2, 0.25) is 11.8 Å². The van der Waals surface area contributed by atoms with Crippen LogP contribution in [0, 0.1) is 12.8 Å². The molecule has 1 aromatic carbocycles. The molecule has 2 saturated heterocycles. The molecule has 2 fully saturated rings. The summed E-state index contributed by atoms with van der Waals surface area (Å²) in [6, 6.07) is 5.55. The summed E-state index contributed by atoms with van der Waals surface area (Å²) >= 11 is 6.11. The fourth-order valence-corrected chi connectivity index (χ4v) is 4.14. The van der Waals surface area contributed by atoms with Crippen LogP contribution in [0.5, 0.6) is 0 Å². The van der Waals surface area contributed by atoms with Gasteiger partial charge in [-0.1, -0.05) is 30.5 Å². The van der Waals surface area contributed by atoms with Crippen molar-refractivity contribution in [1.82, 2.24) is 9.80 Å². The molecule has 0 saturated carbocycles. The fraction of sp³-hybridized carbons (Fsp3) is 0.619. The van der Waals surface area contributed by atoms with Crippen molar-refractivity contribution in [2.45, 2.75) is 45.4 Å². The Kier molecular flexibility index (Phi) is 7.13. The highest BCUT2D eigenvalue weighted by atomic mass is 35.5. The van der Waals surface area contributed by atoms with Gasteiger partial charge < -0.3 is 10.2 Å². The van der Waals surface area contributed by atoms with Crippen LogP contribution in [0.25, 0.3) is 0 Å². The number of carbonyl (C=O) groups excluding carboxylic acids is 2. The van der Waals surface area contributed by atoms with Crippen LogP contribution in [0.2, 0.25) is 5.02 Å². The van der Waals surface area contributed by atoms with Gasteiger partial charge in [0.15, 0.2) is 0 Å². The molecule has 1 N–H and O–H groups in total. The minimum Gasteiger partial charge on any atom is -0.342 e. The third-order valence-corrected chi connectivity index (χ3v) is 6.08. The third-order valence-electron chi connectivity index (χ3n) is 5.68. The largest absolute Gasteiger partial charge is 0.342 e. The number of likely N-dealkylation sites (tertiary alicyclic amines) is 2. The number of aryl methyl sites for hydroxylation is 1. The maximum Gasteiger partial charge on any atom is 0.238 e. The molecule has 2 amide bonds. The fourth-order valence-electron chi connectivity index (χ4n) is 3.96. The summed E-state index contributed by atoms with van der Waals surface area (Å²) in [5, 5.41) is 3.56. The van der Waals surface area contributed by atoms with Gasteiger partial charge in [-0.25, -0.2) is 0 Å². The number of hydrogen-bond donors (Lipinski definition) is 1. The highest BCUT2D eigenvalue weighted by molar-refractivity contribution is 6.31. The summed E-state index contributed by atoms with van der Waals surface area (Å²) in [5.74, 6) is 0.417. The number of anilines is 1. The molecule has 2 heterocycles. The lowest BCUT2D eigenvalue weighted by molar-refractivity contribution is -0.137. The van der Waals surface area contributed by atoms with Gasteiger partial charge in [0.1, 0.15) is 0 Å². The molecule has 1 aromatic rings. The first-order valence-corrected chi connectivity index (χ1v) is 10.5. The van der Waals surface area contributed by atoms with Crippen molar-refractivity contribution in [3.8, 4) is 0 Å². The zero-order chi connectivity index (χ0) is 19.2. The van der Waals surface area contributed by atoms with Crippen LogP contribution in [-0.4, -0.2) is 54.3 Å². The highest BCUT2D eigenvalue weighted by Crippen LogP contribution is 2.22. The van der Waals surface area contributed by atoms with Gasteiger partial charge in [0.05, 0.1) is 6.54 Å². The Morgan fingerprint density at radius 3 is 2.37 bits per heavy atom. The van der Waals surface area contributed by atoms with E-state index in [1.807, 2.05) is 19.1 Å². The monoisotopic (exact) mass is 391 g/mol. The smallest absolute Gasteiger partial charge is 0.238 e. The zero-order valence-corrected chi connectivity index (χ0v) is 16.9. The van der Waals surface area contributed by atoms with E-state index < -0.39 is 0 Å². The zero-order valence-electron chi connectivity index (χ0n) is 16.2. The SMILES string of the molecule is Cc1ccc(NC(=O)CN2CCC(C(=O)N3CCCCCC3)CC2)cc1Cl. The number of halogens is 1. The lowest BCUT2D eigenvalue weighted by Crippen LogP contribution is -2.44. The van der Waals surface area contributed by atoms with E-state index in [1.54, 1.807) is 6.07 Å². The van der Waals surface area contributed by atoms with E-state index >= 15 is 0 Å². The molecule has 27 heavy (non-hydrogen) atoms. The molecule has 0 aromatic heterocycles. The number of rotatable bonds is 4. The van der Waals surface area contributed by atoms with Gasteiger partial charge in [-0.05, 0) is 63.4 Å². The quantitative estimate of drug-likeness (QED) is 0.851. The van der Waals surface area contributed by atoms with Gasteiger partial charge >= 0.3 is 0 Å². The molecule has 2 aliphatic heterocycles. The molecule has 0 spiro atoms. The normalized spacial score (nSPS) is 19.6. The van der Waals surface area contributed by atoms with Crippen LogP contribution < -0.4 is 5.32 Å². The van der Waals surface area contributed by atoms with Crippen LogP contribution >= 0.6 is 11.6 Å². The van der Waals surface area contributed by atoms with E-state index in [2.05, 4.69) is 15.1 Å². The molecule has 0 unspecified atom stereocenters. The maximum atomic E-state index is 12.8. The predicted molar refractivity (Wildman–Crippen MR) is 109 cm³/mol. The topological polar surface area (TPSA) is 52.7 Å². The second kappa shape index (κ2) is 9.56. The summed E-state index contributed by atoms with van der Waals surface area (Å²) in [5.41, 5.74) is 1.72. The molecular formula is C21H30ClN3O2. The maximum absolute atomic E-state index is 12.8. The number of hydrogen-bond acceptors (Lipinski definition) is 3. The van der Waals surface area contributed by atoms with E-state index in [9.17, 15) is 9.59 Å². The van der Waals surface area contributed by atoms with Crippen LogP contribution in [0.4, 0.5) is 5.69 Å². The minimum absolute atomic E-state index is 0.0350. The summed E-state index contributed by atoms with van der Waals surface area (Å²) in [7, 11) is 0. The summed E-state index contributed by atoms with van der Waals surface area (Å²) < 4.78 is 0. The van der Waals surface area contributed by atoms with Gasteiger partial charge in [0.25, 0.3) is 0 Å². The molecule has 0 aliphatic carbocycles. The van der Waals surface area contributed by atoms with Gasteiger partial charge in [0, 0.05) is 29.7 Å². The molecule has 0 atom stereocenters. The number of benzene rings is 1. The van der Waals surface area contributed by atoms with E-state index in [-0.39, 0.29) is 11.8 Å². The molecule has 0 bridgehead atoms. The molecule has 3 rings (SSSR count). The Hall–Kier alpha value is -1.59. The highest BCUT2D eigenvalue weighted by Gasteiger charge is 2.29. The average Bonchev–Trinajstić information content (AvgIpc) is 2.94. The number of nitrogens with zero attached hydrogens (tertiary/aromatic N) is 2. The summed E-state index contributed by atoms with van der Waals surface area (Å²) in [6.07, 6.45) is 6.44. The number of carbonyl (C=O) groups is 2. The average molecular weight is 392 g/mol. The Morgan fingerprint density at radius 2 is 1.74 bits per heavy atom. The molecule has 148 valence electrons. The van der Waals surface area contributed by atoms with Crippen molar-refractivity contribution < 1.29 is 9.59 Å². The lowest BCUT2D eigenvalue weighted by Gasteiger charge is -2.33. The first-order valence-electron chi connectivity index (χ1n) is 10.1.